The van der Waals surface area contributed by atoms with Crippen molar-refractivity contribution in [2.75, 3.05) is 28.4 Å². The van der Waals surface area contributed by atoms with E-state index in [1.807, 2.05) is 44.2 Å². The van der Waals surface area contributed by atoms with Crippen molar-refractivity contribution >= 4 is 29.2 Å². The lowest BCUT2D eigenvalue weighted by atomic mass is 9.88. The zero-order valence-corrected chi connectivity index (χ0v) is 33.1. The monoisotopic (exact) mass is 759 g/mol. The van der Waals surface area contributed by atoms with E-state index in [4.69, 9.17) is 28.4 Å². The molecule has 3 unspecified atom stereocenters. The molecule has 0 aliphatic heterocycles. The van der Waals surface area contributed by atoms with Crippen LogP contribution in [0.3, 0.4) is 0 Å². The summed E-state index contributed by atoms with van der Waals surface area (Å²) in [6.45, 7) is 8.96. The largest absolute Gasteiger partial charge is 0.493 e. The van der Waals surface area contributed by atoms with Crippen LogP contribution in [-0.2, 0) is 32.0 Å². The maximum atomic E-state index is 14.0. The molecule has 4 rings (SSSR count). The van der Waals surface area contributed by atoms with E-state index in [1.165, 1.54) is 28.4 Å². The van der Waals surface area contributed by atoms with E-state index < -0.39 is 41.5 Å². The number of aliphatic hydroxyl groups is 1. The lowest BCUT2D eigenvalue weighted by molar-refractivity contribution is -0.143. The molecule has 0 saturated heterocycles. The molecule has 1 aliphatic rings. The number of hydrogen-bond acceptors (Lipinski definition) is 11. The highest BCUT2D eigenvalue weighted by atomic mass is 16.6. The second-order valence-electron chi connectivity index (χ2n) is 14.9. The number of Topliss-reactive ketones (excluding diaryl/α,β-unsaturated/α-hetero) is 1. The first-order valence-corrected chi connectivity index (χ1v) is 18.3. The molecule has 2 N–H and O–H groups in total. The van der Waals surface area contributed by atoms with E-state index in [2.05, 4.69) is 5.32 Å². The Morgan fingerprint density at radius 1 is 0.836 bits per heavy atom. The Bertz CT molecular complexity index is 1880. The molecule has 1 aliphatic carbocycles. The minimum atomic E-state index is -1.65. The van der Waals surface area contributed by atoms with E-state index in [-0.39, 0.29) is 48.9 Å². The van der Waals surface area contributed by atoms with Gasteiger partial charge in [0, 0.05) is 18.4 Å². The molecule has 0 bridgehead atoms. The number of ketones is 2. The Labute approximate surface area is 323 Å². The molecular weight excluding hydrogens is 706 g/mol. The Morgan fingerprint density at radius 2 is 1.51 bits per heavy atom. The number of allylic oxidation sites excluding steroid dienone is 1. The Kier molecular flexibility index (Phi) is 14.5. The molecule has 0 heterocycles. The number of methoxy groups -OCH3 is 4. The van der Waals surface area contributed by atoms with Crippen LogP contribution in [0.5, 0.6) is 28.7 Å². The highest BCUT2D eigenvalue weighted by Gasteiger charge is 2.34. The summed E-state index contributed by atoms with van der Waals surface area (Å²) in [6, 6.07) is 14.9. The van der Waals surface area contributed by atoms with Crippen LogP contribution in [0.4, 0.5) is 4.79 Å². The average Bonchev–Trinajstić information content (AvgIpc) is 3.30. The summed E-state index contributed by atoms with van der Waals surface area (Å²) >= 11 is 0. The number of benzene rings is 3. The second-order valence-corrected chi connectivity index (χ2v) is 14.9. The summed E-state index contributed by atoms with van der Waals surface area (Å²) in [5.41, 5.74) is 2.52. The average molecular weight is 760 g/mol. The first-order chi connectivity index (χ1) is 26.1. The van der Waals surface area contributed by atoms with Gasteiger partial charge in [-0.2, -0.15) is 0 Å². The molecule has 0 spiro atoms. The lowest BCUT2D eigenvalue weighted by Gasteiger charge is -2.27. The fraction of sp³-hybridized carbons (Fsp3) is 0.442. The fourth-order valence-corrected chi connectivity index (χ4v) is 6.61. The normalized spacial score (nSPS) is 14.4. The molecular formula is C43H53NO11. The number of carbonyl (C=O) groups excluding carboxylic acids is 4. The number of carbonyl (C=O) groups is 4. The topological polar surface area (TPSA) is 156 Å². The summed E-state index contributed by atoms with van der Waals surface area (Å²) in [6.07, 6.45) is -0.198. The lowest BCUT2D eigenvalue weighted by Crippen LogP contribution is -2.50. The minimum absolute atomic E-state index is 0.0173. The number of ether oxygens (including phenoxy) is 6. The van der Waals surface area contributed by atoms with Crippen molar-refractivity contribution in [2.24, 2.45) is 11.8 Å². The summed E-state index contributed by atoms with van der Waals surface area (Å²) in [5.74, 6) is -0.824. The molecule has 1 amide bonds. The van der Waals surface area contributed by atoms with Crippen molar-refractivity contribution < 1.29 is 52.7 Å². The van der Waals surface area contributed by atoms with Crippen LogP contribution in [0, 0.1) is 11.8 Å². The van der Waals surface area contributed by atoms with Crippen molar-refractivity contribution in [1.82, 2.24) is 5.32 Å². The molecule has 12 heteroatoms. The number of esters is 1. The number of fused-ring (bicyclic) bond motifs is 1. The number of hydrogen-bond donors (Lipinski definition) is 2. The smallest absolute Gasteiger partial charge is 0.407 e. The minimum Gasteiger partial charge on any atom is -0.493 e. The van der Waals surface area contributed by atoms with Crippen molar-refractivity contribution in [1.29, 1.82) is 0 Å². The molecule has 3 aromatic carbocycles. The summed E-state index contributed by atoms with van der Waals surface area (Å²) < 4.78 is 33.9. The number of alkyl carbamates (subject to hydrolysis) is 1. The van der Waals surface area contributed by atoms with Gasteiger partial charge in [-0.15, -0.1) is 0 Å². The van der Waals surface area contributed by atoms with Gasteiger partial charge in [0.2, 0.25) is 5.75 Å². The van der Waals surface area contributed by atoms with Gasteiger partial charge in [0.1, 0.15) is 11.7 Å². The molecule has 0 fully saturated rings. The third kappa shape index (κ3) is 11.1. The van der Waals surface area contributed by atoms with Crippen LogP contribution in [0.1, 0.15) is 76.1 Å². The third-order valence-electron chi connectivity index (χ3n) is 9.08. The maximum absolute atomic E-state index is 14.0. The van der Waals surface area contributed by atoms with E-state index in [0.29, 0.717) is 40.4 Å². The van der Waals surface area contributed by atoms with Crippen molar-refractivity contribution in [3.8, 4) is 28.7 Å². The number of aliphatic hydroxyl groups excluding tert-OH is 1. The molecule has 0 saturated carbocycles. The van der Waals surface area contributed by atoms with E-state index >= 15 is 0 Å². The Hall–Kier alpha value is -5.36. The molecule has 3 atom stereocenters. The third-order valence-corrected chi connectivity index (χ3v) is 9.08. The predicted octanol–water partition coefficient (Wildman–Crippen LogP) is 6.69. The van der Waals surface area contributed by atoms with Gasteiger partial charge in [0.15, 0.2) is 34.6 Å². The van der Waals surface area contributed by atoms with E-state index in [1.54, 1.807) is 51.1 Å². The van der Waals surface area contributed by atoms with Gasteiger partial charge in [-0.1, -0.05) is 50.2 Å². The van der Waals surface area contributed by atoms with Crippen molar-refractivity contribution in [3.63, 3.8) is 0 Å². The fourth-order valence-electron chi connectivity index (χ4n) is 6.61. The van der Waals surface area contributed by atoms with Gasteiger partial charge in [-0.25, -0.2) is 4.79 Å². The molecule has 296 valence electrons. The van der Waals surface area contributed by atoms with Crippen LogP contribution < -0.4 is 29.0 Å². The Morgan fingerprint density at radius 3 is 2.11 bits per heavy atom. The van der Waals surface area contributed by atoms with Gasteiger partial charge >= 0.3 is 12.1 Å². The number of rotatable bonds is 16. The SMILES string of the molecule is COc1ccc(C2=CC(=O)CCc3c2cc(OC)c(OC)c3OC)cc1OC(=O)C(CC(=O)C(O)C(Cc1ccccc1)NC(=O)OC(C)(C)C)CC(C)C. The zero-order chi connectivity index (χ0) is 40.4. The van der Waals surface area contributed by atoms with Gasteiger partial charge in [-0.05, 0) is 92.5 Å². The molecule has 0 aromatic heterocycles. The first kappa shape index (κ1) is 42.4. The molecule has 0 radical (unpaired) electrons. The van der Waals surface area contributed by atoms with Crippen molar-refractivity contribution in [2.45, 2.75) is 84.5 Å². The van der Waals surface area contributed by atoms with Crippen LogP contribution >= 0.6 is 0 Å². The van der Waals surface area contributed by atoms with Crippen LogP contribution in [0.25, 0.3) is 5.57 Å². The summed E-state index contributed by atoms with van der Waals surface area (Å²) in [7, 11) is 5.99. The van der Waals surface area contributed by atoms with Crippen molar-refractivity contribution in [3.05, 3.63) is 82.9 Å². The predicted molar refractivity (Wildman–Crippen MR) is 207 cm³/mol. The molecule has 3 aromatic rings. The second kappa shape index (κ2) is 18.8. The highest BCUT2D eigenvalue weighted by molar-refractivity contribution is 6.03. The number of amides is 1. The molecule has 12 nitrogen and oxygen atoms in total. The van der Waals surface area contributed by atoms with Gasteiger partial charge in [0.05, 0.1) is 40.4 Å². The van der Waals surface area contributed by atoms with E-state index in [0.717, 1.165) is 11.1 Å². The van der Waals surface area contributed by atoms with Gasteiger partial charge < -0.3 is 38.8 Å². The molecule has 55 heavy (non-hydrogen) atoms. The van der Waals surface area contributed by atoms with Gasteiger partial charge in [-0.3, -0.25) is 14.4 Å². The quantitative estimate of drug-likeness (QED) is 0.119. The number of nitrogens with one attached hydrogen (secondary N) is 1. The van der Waals surface area contributed by atoms with Gasteiger partial charge in [0.25, 0.3) is 0 Å². The van der Waals surface area contributed by atoms with Crippen LogP contribution in [0.2, 0.25) is 0 Å². The summed E-state index contributed by atoms with van der Waals surface area (Å²) in [5, 5.41) is 14.0. The summed E-state index contributed by atoms with van der Waals surface area (Å²) in [4.78, 5) is 53.6. The standard InChI is InChI=1S/C43H53NO11/c1-25(2)19-28(21-34(46)38(47)33(20-26-13-11-10-12-14-26)44-42(49)55-43(3,4)5)41(48)54-36-22-27(15-18-35(36)50-6)31-23-29(45)16-17-30-32(31)24-37(51-7)40(53-9)39(30)52-8/h10-15,18,22-25,28,33,38,47H,16-17,19-21H2,1-9H3,(H,44,49). The maximum Gasteiger partial charge on any atom is 0.407 e. The van der Waals surface area contributed by atoms with Crippen LogP contribution in [0.15, 0.2) is 60.7 Å². The highest BCUT2D eigenvalue weighted by Crippen LogP contribution is 2.47. The van der Waals surface area contributed by atoms with Crippen LogP contribution in [-0.4, -0.2) is 74.9 Å². The first-order valence-electron chi connectivity index (χ1n) is 18.3. The Balaban J connectivity index is 1.65. The zero-order valence-electron chi connectivity index (χ0n) is 33.1. The van der Waals surface area contributed by atoms with E-state index in [9.17, 15) is 24.3 Å².